The summed E-state index contributed by atoms with van der Waals surface area (Å²) in [5.74, 6) is 1.33. The molecule has 1 saturated heterocycles. The summed E-state index contributed by atoms with van der Waals surface area (Å²) in [5, 5.41) is 0.673. The minimum Gasteiger partial charge on any atom is -0.493 e. The van der Waals surface area contributed by atoms with Crippen molar-refractivity contribution in [2.75, 3.05) is 27.4 Å². The van der Waals surface area contributed by atoms with E-state index in [1.165, 1.54) is 11.8 Å². The lowest BCUT2D eigenvalue weighted by atomic mass is 10.1. The number of para-hydroxylation sites is 1. The average molecular weight is 580 g/mol. The molecule has 0 aromatic heterocycles. The molecule has 0 bridgehead atoms. The van der Waals surface area contributed by atoms with Crippen LogP contribution in [0, 0.1) is 3.57 Å². The van der Waals surface area contributed by atoms with Crippen LogP contribution in [0.1, 0.15) is 32.3 Å². The smallest absolute Gasteiger partial charge is 0.266 e. The fraction of sp³-hybridized carbons (Fsp3) is 0.360. The van der Waals surface area contributed by atoms with Crippen molar-refractivity contribution in [3.05, 3.63) is 56.5 Å². The van der Waals surface area contributed by atoms with Crippen LogP contribution in [0.3, 0.4) is 0 Å². The second kappa shape index (κ2) is 12.4. The molecule has 0 N–H and O–H groups in total. The maximum Gasteiger partial charge on any atom is 0.266 e. The van der Waals surface area contributed by atoms with E-state index in [1.807, 2.05) is 55.5 Å². The Balaban J connectivity index is 1.93. The molecule has 176 valence electrons. The van der Waals surface area contributed by atoms with E-state index in [9.17, 15) is 4.79 Å². The number of amidine groups is 1. The van der Waals surface area contributed by atoms with Gasteiger partial charge >= 0.3 is 0 Å². The zero-order chi connectivity index (χ0) is 23.8. The van der Waals surface area contributed by atoms with Crippen LogP contribution in [0.4, 0.5) is 5.69 Å². The van der Waals surface area contributed by atoms with Crippen LogP contribution < -0.4 is 9.47 Å². The van der Waals surface area contributed by atoms with Gasteiger partial charge in [0.1, 0.15) is 0 Å². The summed E-state index contributed by atoms with van der Waals surface area (Å²) in [6.07, 6.45) is 3.61. The van der Waals surface area contributed by atoms with E-state index in [1.54, 1.807) is 19.1 Å². The van der Waals surface area contributed by atoms with E-state index < -0.39 is 0 Å². The fourth-order valence-electron chi connectivity index (χ4n) is 3.14. The highest BCUT2D eigenvalue weighted by atomic mass is 127. The Bertz CT molecular complexity index is 1030. The zero-order valence-corrected chi connectivity index (χ0v) is 22.3. The molecule has 8 heteroatoms. The van der Waals surface area contributed by atoms with E-state index in [4.69, 9.17) is 19.2 Å². The summed E-state index contributed by atoms with van der Waals surface area (Å²) < 4.78 is 17.8. The van der Waals surface area contributed by atoms with E-state index in [2.05, 4.69) is 29.5 Å². The van der Waals surface area contributed by atoms with Gasteiger partial charge in [0.2, 0.25) is 0 Å². The first-order chi connectivity index (χ1) is 16.0. The predicted molar refractivity (Wildman–Crippen MR) is 143 cm³/mol. The van der Waals surface area contributed by atoms with Gasteiger partial charge in [0.15, 0.2) is 16.7 Å². The second-order valence-electron chi connectivity index (χ2n) is 7.51. The van der Waals surface area contributed by atoms with Crippen molar-refractivity contribution >= 4 is 57.2 Å². The Morgan fingerprint density at radius 2 is 1.97 bits per heavy atom. The van der Waals surface area contributed by atoms with Crippen molar-refractivity contribution < 1.29 is 19.0 Å². The Labute approximate surface area is 213 Å². The minimum absolute atomic E-state index is 0.0558. The lowest BCUT2D eigenvalue weighted by Crippen LogP contribution is -2.30. The van der Waals surface area contributed by atoms with Gasteiger partial charge < -0.3 is 14.2 Å². The largest absolute Gasteiger partial charge is 0.493 e. The molecule has 0 radical (unpaired) electrons. The fourth-order valence-corrected chi connectivity index (χ4v) is 4.92. The highest BCUT2D eigenvalue weighted by Crippen LogP contribution is 2.38. The molecular weight excluding hydrogens is 551 g/mol. The molecule has 2 aromatic carbocycles. The number of amides is 1. The lowest BCUT2D eigenvalue weighted by molar-refractivity contribution is -0.122. The van der Waals surface area contributed by atoms with Crippen molar-refractivity contribution in [2.45, 2.75) is 32.8 Å². The number of ether oxygens (including phenoxy) is 3. The first-order valence-corrected chi connectivity index (χ1v) is 12.7. The van der Waals surface area contributed by atoms with E-state index in [0.717, 1.165) is 33.4 Å². The van der Waals surface area contributed by atoms with Crippen LogP contribution in [0.5, 0.6) is 11.5 Å². The van der Waals surface area contributed by atoms with Gasteiger partial charge in [0.05, 0.1) is 27.4 Å². The molecule has 6 nitrogen and oxygen atoms in total. The van der Waals surface area contributed by atoms with Crippen molar-refractivity contribution in [3.63, 3.8) is 0 Å². The Hall–Kier alpha value is -2.04. The number of halogens is 1. The van der Waals surface area contributed by atoms with Crippen LogP contribution in [-0.2, 0) is 9.53 Å². The lowest BCUT2D eigenvalue weighted by Gasteiger charge is -2.17. The number of hydrogen-bond acceptors (Lipinski definition) is 6. The number of aliphatic imine (C=N–C) groups is 1. The van der Waals surface area contributed by atoms with Gasteiger partial charge in [-0.1, -0.05) is 25.1 Å². The number of nitrogens with zero attached hydrogens (tertiary/aromatic N) is 2. The summed E-state index contributed by atoms with van der Waals surface area (Å²) in [6.45, 7) is 5.24. The summed E-state index contributed by atoms with van der Waals surface area (Å²) >= 11 is 3.63. The minimum atomic E-state index is -0.0558. The molecule has 0 aliphatic carbocycles. The van der Waals surface area contributed by atoms with Gasteiger partial charge in [-0.2, -0.15) is 0 Å². The summed E-state index contributed by atoms with van der Waals surface area (Å²) in [7, 11) is 3.29. The van der Waals surface area contributed by atoms with Gasteiger partial charge in [0, 0.05) is 20.3 Å². The average Bonchev–Trinajstić information content (AvgIpc) is 3.10. The van der Waals surface area contributed by atoms with Crippen LogP contribution in [0.15, 0.2) is 52.4 Å². The van der Waals surface area contributed by atoms with Crippen LogP contribution in [-0.4, -0.2) is 49.4 Å². The Morgan fingerprint density at radius 1 is 1.21 bits per heavy atom. The van der Waals surface area contributed by atoms with Crippen molar-refractivity contribution in [3.8, 4) is 11.5 Å². The standard InChI is InChI=1S/C25H29IN2O4S/c1-5-17(2)32-23-20(26)14-18(15-21(23)31-4)16-22-24(29)28(12-9-13-30-3)25(33-22)27-19-10-7-6-8-11-19/h6-8,10-11,14-17H,5,9,12-13H2,1-4H3/b22-16-,27-25?/t17-/m1/s1. The van der Waals surface area contributed by atoms with Gasteiger partial charge in [-0.15, -0.1) is 0 Å². The molecule has 3 rings (SSSR count). The highest BCUT2D eigenvalue weighted by molar-refractivity contribution is 14.1. The molecule has 1 aliphatic rings. The third-order valence-corrected chi connectivity index (χ3v) is 6.85. The molecule has 1 aliphatic heterocycles. The number of rotatable bonds is 10. The summed E-state index contributed by atoms with van der Waals surface area (Å²) in [6, 6.07) is 13.6. The summed E-state index contributed by atoms with van der Waals surface area (Å²) in [4.78, 5) is 20.3. The van der Waals surface area contributed by atoms with Gasteiger partial charge in [-0.25, -0.2) is 4.99 Å². The number of carbonyl (C=O) groups excluding carboxylic acids is 1. The molecule has 0 unspecified atom stereocenters. The molecule has 0 saturated carbocycles. The Kier molecular flexibility index (Phi) is 9.64. The number of methoxy groups -OCH3 is 2. The molecule has 0 spiro atoms. The van der Waals surface area contributed by atoms with Crippen LogP contribution in [0.2, 0.25) is 0 Å². The molecule has 33 heavy (non-hydrogen) atoms. The maximum atomic E-state index is 13.3. The molecule has 1 amide bonds. The Morgan fingerprint density at radius 3 is 2.64 bits per heavy atom. The summed E-state index contributed by atoms with van der Waals surface area (Å²) in [5.41, 5.74) is 1.69. The van der Waals surface area contributed by atoms with E-state index in [0.29, 0.717) is 29.0 Å². The molecule has 1 heterocycles. The number of thioether (sulfide) groups is 1. The molecular formula is C25H29IN2O4S. The van der Waals surface area contributed by atoms with Gasteiger partial charge in [-0.3, -0.25) is 9.69 Å². The third kappa shape index (κ3) is 6.74. The zero-order valence-electron chi connectivity index (χ0n) is 19.3. The number of benzene rings is 2. The van der Waals surface area contributed by atoms with Crippen LogP contribution >= 0.6 is 34.4 Å². The monoisotopic (exact) mass is 580 g/mol. The van der Waals surface area contributed by atoms with Crippen molar-refractivity contribution in [2.24, 2.45) is 4.99 Å². The topological polar surface area (TPSA) is 60.4 Å². The predicted octanol–water partition coefficient (Wildman–Crippen LogP) is 6.12. The normalized spacial score (nSPS) is 17.1. The first-order valence-electron chi connectivity index (χ1n) is 10.8. The van der Waals surface area contributed by atoms with E-state index >= 15 is 0 Å². The molecule has 2 aromatic rings. The third-order valence-electron chi connectivity index (χ3n) is 5.04. The maximum absolute atomic E-state index is 13.3. The first kappa shape index (κ1) is 25.6. The number of carbonyl (C=O) groups is 1. The van der Waals surface area contributed by atoms with E-state index in [-0.39, 0.29) is 12.0 Å². The quantitative estimate of drug-likeness (QED) is 0.193. The molecule has 1 fully saturated rings. The van der Waals surface area contributed by atoms with Crippen molar-refractivity contribution in [1.29, 1.82) is 0 Å². The second-order valence-corrected chi connectivity index (χ2v) is 9.69. The van der Waals surface area contributed by atoms with Crippen molar-refractivity contribution in [1.82, 2.24) is 4.90 Å². The van der Waals surface area contributed by atoms with Gasteiger partial charge in [0.25, 0.3) is 5.91 Å². The molecule has 1 atom stereocenters. The SMILES string of the molecule is CC[C@@H](C)Oc1c(I)cc(/C=C2\SC(=Nc3ccccc3)N(CCCOC)C2=O)cc1OC. The van der Waals surface area contributed by atoms with Crippen LogP contribution in [0.25, 0.3) is 6.08 Å². The number of hydrogen-bond donors (Lipinski definition) is 0. The highest BCUT2D eigenvalue weighted by Gasteiger charge is 2.33. The van der Waals surface area contributed by atoms with Gasteiger partial charge in [-0.05, 0) is 90.0 Å².